The number of hydrogen-bond donors (Lipinski definition) is 0. The van der Waals surface area contributed by atoms with Gasteiger partial charge in [-0.05, 0) is 19.8 Å². The Morgan fingerprint density at radius 1 is 1.38 bits per heavy atom. The van der Waals surface area contributed by atoms with Gasteiger partial charge in [-0.3, -0.25) is 0 Å². The molecule has 13 heavy (non-hydrogen) atoms. The molecule has 0 spiro atoms. The molecular formula is C10H16O3. The van der Waals surface area contributed by atoms with Crippen molar-refractivity contribution in [1.82, 2.24) is 0 Å². The first kappa shape index (κ1) is 11.8. The number of hydrogen-bond acceptors (Lipinski definition) is 3. The summed E-state index contributed by atoms with van der Waals surface area (Å²) in [7, 11) is 0. The molecule has 3 nitrogen and oxygen atoms in total. The van der Waals surface area contributed by atoms with E-state index in [1.165, 1.54) is 6.26 Å². The minimum atomic E-state index is -0.329. The van der Waals surface area contributed by atoms with Gasteiger partial charge in [-0.15, -0.1) is 0 Å². The summed E-state index contributed by atoms with van der Waals surface area (Å²) in [6.07, 6.45) is 3.06. The average Bonchev–Trinajstić information content (AvgIpc) is 2.10. The molecule has 0 fully saturated rings. The fraction of sp³-hybridized carbons (Fsp3) is 0.500. The zero-order valence-corrected chi connectivity index (χ0v) is 8.04. The topological polar surface area (TPSA) is 35.5 Å². The maximum absolute atomic E-state index is 10.9. The van der Waals surface area contributed by atoms with Crippen molar-refractivity contribution in [2.45, 2.75) is 19.8 Å². The molecule has 0 amide bonds. The van der Waals surface area contributed by atoms with Gasteiger partial charge in [0.25, 0.3) is 0 Å². The predicted molar refractivity (Wildman–Crippen MR) is 51.2 cm³/mol. The van der Waals surface area contributed by atoms with E-state index in [-0.39, 0.29) is 5.97 Å². The third kappa shape index (κ3) is 7.12. The van der Waals surface area contributed by atoms with Crippen LogP contribution >= 0.6 is 0 Å². The van der Waals surface area contributed by atoms with Crippen molar-refractivity contribution in [2.75, 3.05) is 13.2 Å². The lowest BCUT2D eigenvalue weighted by Gasteiger charge is -2.03. The fourth-order valence-electron chi connectivity index (χ4n) is 0.659. The molecule has 0 atom stereocenters. The molecule has 0 N–H and O–H groups in total. The maximum Gasteiger partial charge on any atom is 0.333 e. The van der Waals surface area contributed by atoms with Crippen molar-refractivity contribution < 1.29 is 14.3 Å². The fourth-order valence-corrected chi connectivity index (χ4v) is 0.659. The molecule has 0 aliphatic heterocycles. The van der Waals surface area contributed by atoms with E-state index in [4.69, 9.17) is 9.47 Å². The summed E-state index contributed by atoms with van der Waals surface area (Å²) < 4.78 is 9.76. The second kappa shape index (κ2) is 7.40. The Labute approximate surface area is 79.0 Å². The molecule has 74 valence electrons. The Bertz CT molecular complexity index is 185. The summed E-state index contributed by atoms with van der Waals surface area (Å²) in [5.74, 6) is -0.329. The standard InChI is InChI=1S/C10H16O3/c1-4-12-7-5-6-8-13-10(11)9(2)3/h4H,1-2,5-8H2,3H3. The van der Waals surface area contributed by atoms with Crippen molar-refractivity contribution in [2.24, 2.45) is 0 Å². The summed E-state index contributed by atoms with van der Waals surface area (Å²) >= 11 is 0. The molecule has 0 saturated heterocycles. The second-order valence-corrected chi connectivity index (χ2v) is 2.66. The summed E-state index contributed by atoms with van der Waals surface area (Å²) in [5, 5.41) is 0. The third-order valence-corrected chi connectivity index (χ3v) is 1.36. The minimum Gasteiger partial charge on any atom is -0.502 e. The van der Waals surface area contributed by atoms with Gasteiger partial charge < -0.3 is 9.47 Å². The van der Waals surface area contributed by atoms with Crippen LogP contribution in [0.4, 0.5) is 0 Å². The SMILES string of the molecule is C=COCCCCOC(=O)C(=C)C. The average molecular weight is 184 g/mol. The molecule has 3 heteroatoms. The Kier molecular flexibility index (Phi) is 6.69. The monoisotopic (exact) mass is 184 g/mol. The van der Waals surface area contributed by atoms with Gasteiger partial charge in [0, 0.05) is 5.57 Å². The largest absolute Gasteiger partial charge is 0.502 e. The van der Waals surface area contributed by atoms with E-state index in [2.05, 4.69) is 13.2 Å². The Morgan fingerprint density at radius 3 is 2.54 bits per heavy atom. The van der Waals surface area contributed by atoms with Gasteiger partial charge in [0.15, 0.2) is 0 Å². The van der Waals surface area contributed by atoms with Gasteiger partial charge in [-0.2, -0.15) is 0 Å². The van der Waals surface area contributed by atoms with Crippen LogP contribution in [0, 0.1) is 0 Å². The molecule has 0 rings (SSSR count). The summed E-state index contributed by atoms with van der Waals surface area (Å²) in [5.41, 5.74) is 0.433. The van der Waals surface area contributed by atoms with Gasteiger partial charge in [-0.25, -0.2) is 4.79 Å². The molecule has 0 unspecified atom stereocenters. The van der Waals surface area contributed by atoms with Crippen LogP contribution in [0.15, 0.2) is 25.0 Å². The number of ether oxygens (including phenoxy) is 2. The minimum absolute atomic E-state index is 0.329. The lowest BCUT2D eigenvalue weighted by Crippen LogP contribution is -2.06. The lowest BCUT2D eigenvalue weighted by atomic mass is 10.3. The molecule has 0 aromatic heterocycles. The third-order valence-electron chi connectivity index (χ3n) is 1.36. The Balaban J connectivity index is 3.21. The van der Waals surface area contributed by atoms with E-state index in [0.29, 0.717) is 18.8 Å². The van der Waals surface area contributed by atoms with Crippen molar-refractivity contribution >= 4 is 5.97 Å². The Hall–Kier alpha value is -1.25. The molecule has 0 aliphatic carbocycles. The normalized spacial score (nSPS) is 9.00. The maximum atomic E-state index is 10.9. The van der Waals surface area contributed by atoms with E-state index in [1.54, 1.807) is 6.92 Å². The first-order valence-corrected chi connectivity index (χ1v) is 4.23. The van der Waals surface area contributed by atoms with Crippen LogP contribution in [0.25, 0.3) is 0 Å². The first-order chi connectivity index (χ1) is 6.18. The van der Waals surface area contributed by atoms with Gasteiger partial charge in [0.05, 0.1) is 19.5 Å². The molecule has 0 bridgehead atoms. The molecule has 0 aromatic carbocycles. The Morgan fingerprint density at radius 2 is 2.00 bits per heavy atom. The summed E-state index contributed by atoms with van der Waals surface area (Å²) in [6, 6.07) is 0. The molecule has 0 saturated carbocycles. The number of carbonyl (C=O) groups is 1. The summed E-state index contributed by atoms with van der Waals surface area (Å²) in [6.45, 7) is 9.55. The van der Waals surface area contributed by atoms with Crippen LogP contribution in [0.2, 0.25) is 0 Å². The first-order valence-electron chi connectivity index (χ1n) is 4.23. The molecular weight excluding hydrogens is 168 g/mol. The van der Waals surface area contributed by atoms with Crippen molar-refractivity contribution in [3.8, 4) is 0 Å². The van der Waals surface area contributed by atoms with Crippen molar-refractivity contribution in [3.05, 3.63) is 25.0 Å². The van der Waals surface area contributed by atoms with E-state index in [0.717, 1.165) is 12.8 Å². The molecule has 0 aromatic rings. The van der Waals surface area contributed by atoms with Crippen LogP contribution in [0.5, 0.6) is 0 Å². The second-order valence-electron chi connectivity index (χ2n) is 2.66. The number of esters is 1. The van der Waals surface area contributed by atoms with E-state index in [1.807, 2.05) is 0 Å². The zero-order chi connectivity index (χ0) is 10.1. The number of unbranched alkanes of at least 4 members (excludes halogenated alkanes) is 1. The highest BCUT2D eigenvalue weighted by Gasteiger charge is 2.01. The predicted octanol–water partition coefficient (Wildman–Crippen LogP) is 2.05. The van der Waals surface area contributed by atoms with Gasteiger partial charge in [-0.1, -0.05) is 13.2 Å². The van der Waals surface area contributed by atoms with Crippen LogP contribution < -0.4 is 0 Å². The van der Waals surface area contributed by atoms with Gasteiger partial charge >= 0.3 is 5.97 Å². The zero-order valence-electron chi connectivity index (χ0n) is 8.04. The molecule has 0 radical (unpaired) electrons. The highest BCUT2D eigenvalue weighted by atomic mass is 16.5. The smallest absolute Gasteiger partial charge is 0.333 e. The van der Waals surface area contributed by atoms with E-state index < -0.39 is 0 Å². The molecule has 0 heterocycles. The molecule has 0 aliphatic rings. The van der Waals surface area contributed by atoms with Gasteiger partial charge in [0.1, 0.15) is 0 Å². The van der Waals surface area contributed by atoms with E-state index >= 15 is 0 Å². The van der Waals surface area contributed by atoms with Crippen LogP contribution in [-0.2, 0) is 14.3 Å². The van der Waals surface area contributed by atoms with Crippen LogP contribution in [0.1, 0.15) is 19.8 Å². The summed E-state index contributed by atoms with van der Waals surface area (Å²) in [4.78, 5) is 10.9. The lowest BCUT2D eigenvalue weighted by molar-refractivity contribution is -0.139. The van der Waals surface area contributed by atoms with Crippen LogP contribution in [-0.4, -0.2) is 19.2 Å². The van der Waals surface area contributed by atoms with Crippen LogP contribution in [0.3, 0.4) is 0 Å². The highest BCUT2D eigenvalue weighted by molar-refractivity contribution is 5.86. The highest BCUT2D eigenvalue weighted by Crippen LogP contribution is 1.96. The van der Waals surface area contributed by atoms with Gasteiger partial charge in [0.2, 0.25) is 0 Å². The quantitative estimate of drug-likeness (QED) is 0.263. The van der Waals surface area contributed by atoms with Crippen molar-refractivity contribution in [1.29, 1.82) is 0 Å². The number of carbonyl (C=O) groups excluding carboxylic acids is 1. The van der Waals surface area contributed by atoms with E-state index in [9.17, 15) is 4.79 Å². The number of rotatable bonds is 7. The van der Waals surface area contributed by atoms with Crippen molar-refractivity contribution in [3.63, 3.8) is 0 Å².